The Balaban J connectivity index is 1.18. The third kappa shape index (κ3) is 8.89. The Labute approximate surface area is 297 Å². The van der Waals surface area contributed by atoms with E-state index >= 15 is 0 Å². The van der Waals surface area contributed by atoms with Crippen LogP contribution in [0.2, 0.25) is 0 Å². The highest BCUT2D eigenvalue weighted by atomic mass is 16.5. The molecule has 1 aromatic heterocycles. The first-order valence-corrected chi connectivity index (χ1v) is 17.7. The van der Waals surface area contributed by atoms with E-state index in [1.54, 1.807) is 31.2 Å². The fourth-order valence-electron chi connectivity index (χ4n) is 6.99. The van der Waals surface area contributed by atoms with E-state index in [0.717, 1.165) is 41.8 Å². The van der Waals surface area contributed by atoms with Crippen LogP contribution in [0, 0.1) is 6.92 Å². The van der Waals surface area contributed by atoms with Crippen molar-refractivity contribution in [1.29, 1.82) is 0 Å². The van der Waals surface area contributed by atoms with Gasteiger partial charge >= 0.3 is 0 Å². The van der Waals surface area contributed by atoms with Crippen LogP contribution in [0.3, 0.4) is 0 Å². The van der Waals surface area contributed by atoms with Crippen LogP contribution < -0.4 is 26.0 Å². The first-order valence-electron chi connectivity index (χ1n) is 17.7. The van der Waals surface area contributed by atoms with Crippen molar-refractivity contribution in [3.63, 3.8) is 0 Å². The summed E-state index contributed by atoms with van der Waals surface area (Å²) in [6, 6.07) is 12.5. The van der Waals surface area contributed by atoms with Crippen molar-refractivity contribution in [3.05, 3.63) is 88.5 Å². The van der Waals surface area contributed by atoms with Crippen LogP contribution in [0.25, 0.3) is 0 Å². The third-order valence-corrected chi connectivity index (χ3v) is 9.71. The molecule has 268 valence electrons. The van der Waals surface area contributed by atoms with E-state index in [0.29, 0.717) is 37.4 Å². The largest absolute Gasteiger partial charge is 0.484 e. The summed E-state index contributed by atoms with van der Waals surface area (Å²) in [5.74, 6) is -1.17. The number of aromatic nitrogens is 2. The number of ether oxygens (including phenoxy) is 1. The molecule has 7 rings (SSSR count). The van der Waals surface area contributed by atoms with Crippen molar-refractivity contribution in [1.82, 2.24) is 36.1 Å². The van der Waals surface area contributed by atoms with Gasteiger partial charge in [-0.1, -0.05) is 42.5 Å². The Morgan fingerprint density at radius 1 is 0.941 bits per heavy atom. The smallest absolute Gasteiger partial charge is 0.258 e. The van der Waals surface area contributed by atoms with Crippen molar-refractivity contribution in [2.24, 2.45) is 0 Å². The van der Waals surface area contributed by atoms with E-state index in [-0.39, 0.29) is 37.8 Å². The number of carbonyl (C=O) groups excluding carboxylic acids is 5. The number of nitrogens with one attached hydrogen (secondary N) is 4. The van der Waals surface area contributed by atoms with Crippen molar-refractivity contribution < 1.29 is 28.7 Å². The SMILES string of the molecule is Cc1nc(CCNC(=O)[C@@H]2Cc3ccc(cc3)OCC(=O)N[C@H](Cc3ccccc3)C(=O)N3CCC[C@@H]3C(=O)N[C@@H](C)C(=O)N2)nc2c1CCC2. The van der Waals surface area contributed by atoms with Gasteiger partial charge in [-0.05, 0) is 74.8 Å². The Bertz CT molecular complexity index is 1770. The number of carbonyl (C=O) groups is 5. The van der Waals surface area contributed by atoms with Crippen molar-refractivity contribution in [3.8, 4) is 5.75 Å². The molecule has 13 nitrogen and oxygen atoms in total. The Hall–Kier alpha value is -5.33. The summed E-state index contributed by atoms with van der Waals surface area (Å²) in [4.78, 5) is 78.4. The second kappa shape index (κ2) is 16.1. The van der Waals surface area contributed by atoms with Crippen LogP contribution in [0.15, 0.2) is 54.6 Å². The molecule has 13 heteroatoms. The predicted molar refractivity (Wildman–Crippen MR) is 187 cm³/mol. The monoisotopic (exact) mass is 695 g/mol. The van der Waals surface area contributed by atoms with Gasteiger partial charge in [-0.2, -0.15) is 0 Å². The molecule has 4 atom stereocenters. The maximum Gasteiger partial charge on any atom is 0.258 e. The average molecular weight is 696 g/mol. The normalized spacial score (nSPS) is 22.7. The molecule has 2 bridgehead atoms. The lowest BCUT2D eigenvalue weighted by molar-refractivity contribution is -0.142. The Kier molecular flexibility index (Phi) is 11.2. The molecule has 0 spiro atoms. The lowest BCUT2D eigenvalue weighted by Gasteiger charge is -2.29. The molecule has 0 radical (unpaired) electrons. The quantitative estimate of drug-likeness (QED) is 0.299. The fraction of sp³-hybridized carbons (Fsp3) is 0.447. The van der Waals surface area contributed by atoms with E-state index in [2.05, 4.69) is 26.3 Å². The van der Waals surface area contributed by atoms with Crippen LogP contribution in [0.4, 0.5) is 0 Å². The first kappa shape index (κ1) is 35.5. The summed E-state index contributed by atoms with van der Waals surface area (Å²) >= 11 is 0. The first-order chi connectivity index (χ1) is 24.6. The van der Waals surface area contributed by atoms with Gasteiger partial charge in [0.1, 0.15) is 35.7 Å². The third-order valence-electron chi connectivity index (χ3n) is 9.71. The lowest BCUT2D eigenvalue weighted by Crippen LogP contribution is -2.58. The maximum atomic E-state index is 13.9. The van der Waals surface area contributed by atoms with Crippen molar-refractivity contribution in [2.45, 2.75) is 89.4 Å². The molecule has 2 aromatic carbocycles. The van der Waals surface area contributed by atoms with E-state index in [1.165, 1.54) is 10.5 Å². The number of aryl methyl sites for hydroxylation is 2. The highest BCUT2D eigenvalue weighted by molar-refractivity contribution is 5.96. The molecule has 0 unspecified atom stereocenters. The number of benzene rings is 2. The molecule has 4 aliphatic rings. The predicted octanol–water partition coefficient (Wildman–Crippen LogP) is 1.28. The molecule has 1 saturated heterocycles. The van der Waals surface area contributed by atoms with Gasteiger partial charge in [0.15, 0.2) is 6.61 Å². The van der Waals surface area contributed by atoms with Gasteiger partial charge < -0.3 is 30.9 Å². The van der Waals surface area contributed by atoms with E-state index in [9.17, 15) is 24.0 Å². The molecule has 1 fully saturated rings. The zero-order valence-corrected chi connectivity index (χ0v) is 29.1. The standard InChI is InChI=1S/C38H45N7O6/c1-23-28-10-6-11-29(28)42-33(40-23)17-18-39-36(48)30-20-26-13-15-27(16-14-26)51-22-34(46)43-31(21-25-8-4-3-5-9-25)38(50)45-19-7-12-32(45)37(49)41-24(2)35(47)44-30/h3-5,8-9,13-16,24,30-32H,6-7,10-12,17-22H2,1-2H3,(H,39,48)(H,41,49)(H,43,46)(H,44,47)/t24-,30-,31+,32+/m0/s1. The number of amides is 5. The minimum Gasteiger partial charge on any atom is -0.484 e. The van der Waals surface area contributed by atoms with E-state index in [1.807, 2.05) is 37.3 Å². The number of fused-ring (bicyclic) bond motifs is 14. The molecule has 3 aromatic rings. The zero-order chi connectivity index (χ0) is 35.9. The molecule has 5 amide bonds. The van der Waals surface area contributed by atoms with Gasteiger partial charge in [0, 0.05) is 43.7 Å². The minimum atomic E-state index is -0.995. The lowest BCUT2D eigenvalue weighted by atomic mass is 10.0. The molecular formula is C38H45N7O6. The topological polar surface area (TPSA) is 172 Å². The number of rotatable bonds is 6. The highest BCUT2D eigenvalue weighted by Crippen LogP contribution is 2.23. The maximum absolute atomic E-state index is 13.9. The summed E-state index contributed by atoms with van der Waals surface area (Å²) in [5, 5.41) is 11.3. The number of nitrogens with zero attached hydrogens (tertiary/aromatic N) is 3. The van der Waals surface area contributed by atoms with Crippen LogP contribution in [0.1, 0.15) is 60.1 Å². The van der Waals surface area contributed by atoms with Crippen LogP contribution >= 0.6 is 0 Å². The molecule has 4 N–H and O–H groups in total. The molecule has 0 saturated carbocycles. The summed E-state index contributed by atoms with van der Waals surface area (Å²) < 4.78 is 5.75. The second-order valence-corrected chi connectivity index (χ2v) is 13.5. The molecule has 3 aliphatic heterocycles. The van der Waals surface area contributed by atoms with Gasteiger partial charge in [0.2, 0.25) is 23.6 Å². The number of hydrogen-bond donors (Lipinski definition) is 4. The van der Waals surface area contributed by atoms with Crippen LogP contribution in [0.5, 0.6) is 5.75 Å². The second-order valence-electron chi connectivity index (χ2n) is 13.5. The summed E-state index contributed by atoms with van der Waals surface area (Å²) in [5.41, 5.74) is 4.87. The zero-order valence-electron chi connectivity index (χ0n) is 29.1. The van der Waals surface area contributed by atoms with Gasteiger partial charge in [0.25, 0.3) is 5.91 Å². The average Bonchev–Trinajstić information content (AvgIpc) is 3.81. The van der Waals surface area contributed by atoms with Crippen LogP contribution in [-0.2, 0) is 56.1 Å². The number of hydrogen-bond acceptors (Lipinski definition) is 8. The Morgan fingerprint density at radius 3 is 2.51 bits per heavy atom. The van der Waals surface area contributed by atoms with Crippen LogP contribution in [-0.4, -0.2) is 88.3 Å². The molecule has 4 heterocycles. The van der Waals surface area contributed by atoms with Gasteiger partial charge in [-0.15, -0.1) is 0 Å². The summed E-state index contributed by atoms with van der Waals surface area (Å²) in [6.07, 6.45) is 4.83. The minimum absolute atomic E-state index is 0.166. The van der Waals surface area contributed by atoms with Crippen molar-refractivity contribution in [2.75, 3.05) is 19.7 Å². The van der Waals surface area contributed by atoms with Gasteiger partial charge in [0.05, 0.1) is 0 Å². The Morgan fingerprint density at radius 2 is 1.73 bits per heavy atom. The molecule has 1 aliphatic carbocycles. The molecule has 51 heavy (non-hydrogen) atoms. The van der Waals surface area contributed by atoms with Crippen molar-refractivity contribution >= 4 is 29.5 Å². The van der Waals surface area contributed by atoms with E-state index in [4.69, 9.17) is 9.72 Å². The highest BCUT2D eigenvalue weighted by Gasteiger charge is 2.39. The fourth-order valence-corrected chi connectivity index (χ4v) is 6.99. The van der Waals surface area contributed by atoms with E-state index < -0.39 is 41.9 Å². The summed E-state index contributed by atoms with van der Waals surface area (Å²) in [7, 11) is 0. The van der Waals surface area contributed by atoms with Gasteiger partial charge in [-0.3, -0.25) is 24.0 Å². The summed E-state index contributed by atoms with van der Waals surface area (Å²) in [6.45, 7) is 3.82. The van der Waals surface area contributed by atoms with Gasteiger partial charge in [-0.25, -0.2) is 9.97 Å². The molecular weight excluding hydrogens is 650 g/mol.